The van der Waals surface area contributed by atoms with Crippen LogP contribution in [0.4, 0.5) is 5.69 Å². The number of rotatable bonds is 3. The first-order valence-corrected chi connectivity index (χ1v) is 9.95. The van der Waals surface area contributed by atoms with E-state index in [9.17, 15) is 0 Å². The van der Waals surface area contributed by atoms with Crippen molar-refractivity contribution in [3.63, 3.8) is 0 Å². The summed E-state index contributed by atoms with van der Waals surface area (Å²) >= 11 is 23.8. The van der Waals surface area contributed by atoms with E-state index in [0.29, 0.717) is 10.0 Å². The van der Waals surface area contributed by atoms with E-state index in [0.717, 1.165) is 54.1 Å². The molecule has 7 heteroatoms. The standard InChI is InChI=1S/C19H20Cl3N3S/c1-13-2-4-15(11-17(13)21)23-19(26)25-8-6-24(7-9-25)12-14-3-5-16(20)18(22)10-14/h2-5,10-11H,6-9,12H2,1H3,(H,23,26). The molecule has 1 fully saturated rings. The van der Waals surface area contributed by atoms with Crippen LogP contribution in [0.3, 0.4) is 0 Å². The van der Waals surface area contributed by atoms with Crippen LogP contribution in [0.15, 0.2) is 36.4 Å². The van der Waals surface area contributed by atoms with Crippen LogP contribution in [-0.4, -0.2) is 41.1 Å². The molecule has 26 heavy (non-hydrogen) atoms. The van der Waals surface area contributed by atoms with Gasteiger partial charge in [-0.05, 0) is 54.5 Å². The van der Waals surface area contributed by atoms with Gasteiger partial charge >= 0.3 is 0 Å². The third-order valence-corrected chi connectivity index (χ3v) is 5.98. The highest BCUT2D eigenvalue weighted by atomic mass is 35.5. The molecular weight excluding hydrogens is 409 g/mol. The molecule has 3 rings (SSSR count). The molecule has 1 aliphatic heterocycles. The van der Waals surface area contributed by atoms with E-state index in [1.807, 2.05) is 43.3 Å². The maximum absolute atomic E-state index is 6.18. The van der Waals surface area contributed by atoms with Crippen LogP contribution in [-0.2, 0) is 6.54 Å². The van der Waals surface area contributed by atoms with Gasteiger partial charge in [0.1, 0.15) is 0 Å². The Hall–Kier alpha value is -1.04. The number of hydrogen-bond donors (Lipinski definition) is 1. The zero-order chi connectivity index (χ0) is 18.7. The molecule has 0 saturated carbocycles. The van der Waals surface area contributed by atoms with Gasteiger partial charge in [0.15, 0.2) is 5.11 Å². The van der Waals surface area contributed by atoms with Crippen molar-refractivity contribution in [2.24, 2.45) is 0 Å². The highest BCUT2D eigenvalue weighted by Gasteiger charge is 2.19. The second kappa shape index (κ2) is 8.77. The number of halogens is 3. The van der Waals surface area contributed by atoms with Gasteiger partial charge in [-0.25, -0.2) is 0 Å². The zero-order valence-corrected chi connectivity index (χ0v) is 17.5. The Morgan fingerprint density at radius 2 is 1.69 bits per heavy atom. The largest absolute Gasteiger partial charge is 0.346 e. The summed E-state index contributed by atoms with van der Waals surface area (Å²) in [5, 5.41) is 5.95. The van der Waals surface area contributed by atoms with Gasteiger partial charge < -0.3 is 10.2 Å². The highest BCUT2D eigenvalue weighted by molar-refractivity contribution is 7.80. The van der Waals surface area contributed by atoms with Crippen molar-refractivity contribution < 1.29 is 0 Å². The monoisotopic (exact) mass is 427 g/mol. The first-order valence-electron chi connectivity index (χ1n) is 8.41. The third-order valence-electron chi connectivity index (χ3n) is 4.47. The number of thiocarbonyl (C=S) groups is 1. The molecule has 2 aromatic rings. The third kappa shape index (κ3) is 5.02. The number of benzene rings is 2. The van der Waals surface area contributed by atoms with Crippen LogP contribution in [0.25, 0.3) is 0 Å². The van der Waals surface area contributed by atoms with Gasteiger partial charge in [-0.15, -0.1) is 0 Å². The fourth-order valence-electron chi connectivity index (χ4n) is 2.88. The fourth-order valence-corrected chi connectivity index (χ4v) is 3.68. The molecular formula is C19H20Cl3N3S. The number of piperazine rings is 1. The number of anilines is 1. The normalized spacial score (nSPS) is 15.2. The van der Waals surface area contributed by atoms with Crippen LogP contribution in [0.1, 0.15) is 11.1 Å². The Morgan fingerprint density at radius 1 is 0.962 bits per heavy atom. The van der Waals surface area contributed by atoms with Gasteiger partial charge in [0.25, 0.3) is 0 Å². The maximum atomic E-state index is 6.18. The lowest BCUT2D eigenvalue weighted by Gasteiger charge is -2.36. The van der Waals surface area contributed by atoms with E-state index in [1.54, 1.807) is 0 Å². The molecule has 3 nitrogen and oxygen atoms in total. The molecule has 0 radical (unpaired) electrons. The summed E-state index contributed by atoms with van der Waals surface area (Å²) in [4.78, 5) is 4.58. The Labute approximate surface area is 174 Å². The van der Waals surface area contributed by atoms with E-state index in [4.69, 9.17) is 47.0 Å². The zero-order valence-electron chi connectivity index (χ0n) is 14.4. The van der Waals surface area contributed by atoms with Gasteiger partial charge in [-0.3, -0.25) is 4.90 Å². The van der Waals surface area contributed by atoms with Gasteiger partial charge in [0.05, 0.1) is 10.0 Å². The second-order valence-electron chi connectivity index (χ2n) is 6.41. The summed E-state index contributed by atoms with van der Waals surface area (Å²) in [7, 11) is 0. The lowest BCUT2D eigenvalue weighted by molar-refractivity contribution is 0.177. The summed E-state index contributed by atoms with van der Waals surface area (Å²) in [6.45, 7) is 6.49. The molecule has 0 spiro atoms. The topological polar surface area (TPSA) is 18.5 Å². The van der Waals surface area contributed by atoms with Gasteiger partial charge in [0, 0.05) is 43.4 Å². The number of hydrogen-bond acceptors (Lipinski definition) is 2. The minimum Gasteiger partial charge on any atom is -0.346 e. The van der Waals surface area contributed by atoms with Crippen molar-refractivity contribution in [3.8, 4) is 0 Å². The Balaban J connectivity index is 1.51. The predicted molar refractivity (Wildman–Crippen MR) is 116 cm³/mol. The van der Waals surface area contributed by atoms with E-state index in [-0.39, 0.29) is 0 Å². The Bertz CT molecular complexity index is 805. The molecule has 1 aliphatic rings. The second-order valence-corrected chi connectivity index (χ2v) is 8.01. The van der Waals surface area contributed by atoms with E-state index < -0.39 is 0 Å². The van der Waals surface area contributed by atoms with Crippen LogP contribution in [0.5, 0.6) is 0 Å². The number of aryl methyl sites for hydroxylation is 1. The van der Waals surface area contributed by atoms with Crippen molar-refractivity contribution in [2.45, 2.75) is 13.5 Å². The van der Waals surface area contributed by atoms with E-state index in [1.165, 1.54) is 5.56 Å². The summed E-state index contributed by atoms with van der Waals surface area (Å²) < 4.78 is 0. The Kier molecular flexibility index (Phi) is 6.65. The van der Waals surface area contributed by atoms with Crippen molar-refractivity contribution >= 4 is 57.8 Å². The van der Waals surface area contributed by atoms with E-state index in [2.05, 4.69) is 15.1 Å². The molecule has 0 amide bonds. The molecule has 1 N–H and O–H groups in total. The molecule has 1 saturated heterocycles. The lowest BCUT2D eigenvalue weighted by Crippen LogP contribution is -2.49. The fraction of sp³-hybridized carbons (Fsp3) is 0.316. The predicted octanol–water partition coefficient (Wildman–Crippen LogP) is 5.47. The average molecular weight is 429 g/mol. The minimum atomic E-state index is 0.591. The van der Waals surface area contributed by atoms with Crippen molar-refractivity contribution in [2.75, 3.05) is 31.5 Å². The molecule has 138 valence electrons. The molecule has 0 aliphatic carbocycles. The van der Waals surface area contributed by atoms with Crippen LogP contribution < -0.4 is 5.32 Å². The summed E-state index contributed by atoms with van der Waals surface area (Å²) in [6, 6.07) is 11.7. The summed E-state index contributed by atoms with van der Waals surface area (Å²) in [5.41, 5.74) is 3.14. The first kappa shape index (κ1) is 19.7. The van der Waals surface area contributed by atoms with Crippen molar-refractivity contribution in [3.05, 3.63) is 62.6 Å². The quantitative estimate of drug-likeness (QED) is 0.653. The average Bonchev–Trinajstić information content (AvgIpc) is 2.62. The molecule has 0 aromatic heterocycles. The van der Waals surface area contributed by atoms with E-state index >= 15 is 0 Å². The smallest absolute Gasteiger partial charge is 0.173 e. The molecule has 2 aromatic carbocycles. The summed E-state index contributed by atoms with van der Waals surface area (Å²) in [6.07, 6.45) is 0. The molecule has 0 bridgehead atoms. The van der Waals surface area contributed by atoms with Gasteiger partial charge in [-0.2, -0.15) is 0 Å². The van der Waals surface area contributed by atoms with Crippen LogP contribution in [0.2, 0.25) is 15.1 Å². The minimum absolute atomic E-state index is 0.591. The van der Waals surface area contributed by atoms with Crippen LogP contribution >= 0.6 is 47.0 Å². The first-order chi connectivity index (χ1) is 12.4. The lowest BCUT2D eigenvalue weighted by atomic mass is 10.2. The number of nitrogens with zero attached hydrogens (tertiary/aromatic N) is 2. The molecule has 0 atom stereocenters. The Morgan fingerprint density at radius 3 is 2.35 bits per heavy atom. The SMILES string of the molecule is Cc1ccc(NC(=S)N2CCN(Cc3ccc(Cl)c(Cl)c3)CC2)cc1Cl. The van der Waals surface area contributed by atoms with Crippen molar-refractivity contribution in [1.82, 2.24) is 9.80 Å². The summed E-state index contributed by atoms with van der Waals surface area (Å²) in [5.74, 6) is 0. The maximum Gasteiger partial charge on any atom is 0.173 e. The molecule has 0 unspecified atom stereocenters. The van der Waals surface area contributed by atoms with Gasteiger partial charge in [0.2, 0.25) is 0 Å². The van der Waals surface area contributed by atoms with Crippen LogP contribution in [0, 0.1) is 6.92 Å². The molecule has 1 heterocycles. The highest BCUT2D eigenvalue weighted by Crippen LogP contribution is 2.24. The number of nitrogens with one attached hydrogen (secondary N) is 1. The van der Waals surface area contributed by atoms with Crippen molar-refractivity contribution in [1.29, 1.82) is 0 Å². The van der Waals surface area contributed by atoms with Gasteiger partial charge in [-0.1, -0.05) is 46.9 Å².